The Balaban J connectivity index is 1.67. The molecule has 0 saturated carbocycles. The van der Waals surface area contributed by atoms with E-state index in [0.717, 1.165) is 22.8 Å². The number of ether oxygens (including phenoxy) is 2. The largest absolute Gasteiger partial charge is 0.497 e. The maximum absolute atomic E-state index is 14.5. The highest BCUT2D eigenvalue weighted by atomic mass is 32.2. The minimum Gasteiger partial charge on any atom is -0.497 e. The first-order chi connectivity index (χ1) is 26.4. The van der Waals surface area contributed by atoms with Gasteiger partial charge in [-0.15, -0.1) is 11.8 Å². The SMILES string of the molecule is CC[C@H](C)[C@H]1C(=O)N2CCC[C@H]2C(=O)O[C@H](C(C)(C)C)C[C@@H](C)C/C=C/C2=N[C@@H](CCC(=O)N[C@@H](Cc3ccc(OC)cc3)C(=O)N(C)[C@@H](C)C(=O)N1C)CS2. The number of nitrogens with zero attached hydrogens (tertiary/aromatic N) is 4. The summed E-state index contributed by atoms with van der Waals surface area (Å²) < 4.78 is 11.6. The molecule has 2 bridgehead atoms. The van der Waals surface area contributed by atoms with E-state index in [1.807, 2.05) is 32.1 Å². The Labute approximate surface area is 338 Å². The number of aliphatic imine (C=N–C) groups is 1. The lowest BCUT2D eigenvalue weighted by molar-refractivity contribution is -0.166. The van der Waals surface area contributed by atoms with Crippen LogP contribution >= 0.6 is 11.8 Å². The van der Waals surface area contributed by atoms with Gasteiger partial charge < -0.3 is 29.5 Å². The van der Waals surface area contributed by atoms with Crippen molar-refractivity contribution >= 4 is 46.4 Å². The van der Waals surface area contributed by atoms with E-state index < -0.39 is 42.0 Å². The van der Waals surface area contributed by atoms with Crippen molar-refractivity contribution in [3.05, 3.63) is 42.0 Å². The highest BCUT2D eigenvalue weighted by Gasteiger charge is 2.44. The second kappa shape index (κ2) is 20.0. The van der Waals surface area contributed by atoms with Crippen molar-refractivity contribution in [3.63, 3.8) is 0 Å². The van der Waals surface area contributed by atoms with E-state index in [1.54, 1.807) is 56.9 Å². The van der Waals surface area contributed by atoms with Gasteiger partial charge in [0.15, 0.2) is 0 Å². The number of nitrogens with one attached hydrogen (secondary N) is 1. The second-order valence-electron chi connectivity index (χ2n) is 17.0. The lowest BCUT2D eigenvalue weighted by Crippen LogP contribution is -2.59. The summed E-state index contributed by atoms with van der Waals surface area (Å²) in [5, 5.41) is 3.89. The molecule has 0 unspecified atom stereocenters. The van der Waals surface area contributed by atoms with Crippen LogP contribution in [0, 0.1) is 17.3 Å². The van der Waals surface area contributed by atoms with E-state index in [4.69, 9.17) is 14.5 Å². The van der Waals surface area contributed by atoms with Crippen molar-refractivity contribution in [2.45, 2.75) is 136 Å². The quantitative estimate of drug-likeness (QED) is 0.377. The zero-order valence-corrected chi connectivity index (χ0v) is 36.0. The molecule has 0 spiro atoms. The molecule has 1 aromatic rings. The molecule has 1 fully saturated rings. The molecule has 0 radical (unpaired) electrons. The molecule has 1 saturated heterocycles. The number of amides is 4. The van der Waals surface area contributed by atoms with Crippen molar-refractivity contribution in [1.82, 2.24) is 20.0 Å². The number of hydrogen-bond donors (Lipinski definition) is 1. The summed E-state index contributed by atoms with van der Waals surface area (Å²) in [6.45, 7) is 14.3. The number of benzene rings is 1. The number of cyclic esters (lactones) is 1. The van der Waals surface area contributed by atoms with Crippen molar-refractivity contribution in [3.8, 4) is 5.75 Å². The smallest absolute Gasteiger partial charge is 0.329 e. The highest BCUT2D eigenvalue weighted by molar-refractivity contribution is 8.14. The second-order valence-corrected chi connectivity index (χ2v) is 18.0. The Morgan fingerprint density at radius 3 is 2.34 bits per heavy atom. The van der Waals surface area contributed by atoms with E-state index in [9.17, 15) is 24.0 Å². The Hall–Kier alpha value is -3.87. The van der Waals surface area contributed by atoms with Crippen LogP contribution in [0.4, 0.5) is 0 Å². The van der Waals surface area contributed by atoms with Crippen LogP contribution in [0.25, 0.3) is 0 Å². The summed E-state index contributed by atoms with van der Waals surface area (Å²) in [6.07, 6.45) is 7.91. The molecule has 13 heteroatoms. The molecule has 1 N–H and O–H groups in total. The number of carbonyl (C=O) groups excluding carboxylic acids is 5. The molecule has 8 atom stereocenters. The molecule has 4 rings (SSSR count). The molecule has 3 heterocycles. The fourth-order valence-electron chi connectivity index (χ4n) is 7.59. The van der Waals surface area contributed by atoms with Crippen LogP contribution in [0.5, 0.6) is 5.75 Å². The van der Waals surface area contributed by atoms with Crippen LogP contribution in [0.2, 0.25) is 0 Å². The van der Waals surface area contributed by atoms with Gasteiger partial charge in [0, 0.05) is 39.2 Å². The molecule has 0 aliphatic carbocycles. The first-order valence-electron chi connectivity index (χ1n) is 20.3. The van der Waals surface area contributed by atoms with Gasteiger partial charge >= 0.3 is 5.97 Å². The van der Waals surface area contributed by atoms with Gasteiger partial charge in [0.05, 0.1) is 18.2 Å². The summed E-state index contributed by atoms with van der Waals surface area (Å²) in [5.74, 6) is -0.393. The normalized spacial score (nSPS) is 29.5. The molecule has 3 aliphatic heterocycles. The number of esters is 1. The Morgan fingerprint density at radius 2 is 1.70 bits per heavy atom. The van der Waals surface area contributed by atoms with Crippen LogP contribution in [0.3, 0.4) is 0 Å². The van der Waals surface area contributed by atoms with Crippen LogP contribution in [0.1, 0.15) is 99.0 Å². The van der Waals surface area contributed by atoms with E-state index >= 15 is 0 Å². The van der Waals surface area contributed by atoms with Crippen molar-refractivity contribution in [2.24, 2.45) is 22.2 Å². The lowest BCUT2D eigenvalue weighted by Gasteiger charge is -2.39. The average Bonchev–Trinajstić information content (AvgIpc) is 3.85. The Morgan fingerprint density at radius 1 is 1.00 bits per heavy atom. The van der Waals surface area contributed by atoms with Gasteiger partial charge in [0.25, 0.3) is 0 Å². The zero-order chi connectivity index (χ0) is 41.3. The summed E-state index contributed by atoms with van der Waals surface area (Å²) in [4.78, 5) is 79.7. The molecule has 56 heavy (non-hydrogen) atoms. The third-order valence-corrected chi connectivity index (χ3v) is 12.7. The Kier molecular flexibility index (Phi) is 16.0. The van der Waals surface area contributed by atoms with Crippen molar-refractivity contribution in [2.75, 3.05) is 33.5 Å². The highest BCUT2D eigenvalue weighted by Crippen LogP contribution is 2.32. The molecule has 1 aromatic carbocycles. The van der Waals surface area contributed by atoms with Gasteiger partial charge in [-0.3, -0.25) is 24.2 Å². The minimum atomic E-state index is -0.957. The minimum absolute atomic E-state index is 0.0232. The number of allylic oxidation sites excluding steroid dienone is 1. The molecule has 0 aromatic heterocycles. The molecule has 12 nitrogen and oxygen atoms in total. The number of thioether (sulfide) groups is 1. The Bertz CT molecular complexity index is 1610. The number of methoxy groups -OCH3 is 1. The standard InChI is InChI=1S/C43H65N5O7S/c1-11-28(3)38-41(52)48-23-13-15-34(48)42(53)55-35(43(5,6)7)24-27(2)14-12-16-37-44-31(26-56-37)19-22-36(49)45-33(25-30-17-20-32(54-10)21-18-30)40(51)46(8)29(4)39(50)47(38)9/h12,16-18,20-21,27-29,31,33-35,38H,11,13-15,19,22-26H2,1-10H3,(H,45,49)/b16-12+/t27-,28-,29-,31-,33-,34-,35-,38-/m0/s1. The monoisotopic (exact) mass is 795 g/mol. The van der Waals surface area contributed by atoms with Crippen LogP contribution in [0.15, 0.2) is 41.4 Å². The molecular weight excluding hydrogens is 731 g/mol. The fourth-order valence-corrected chi connectivity index (χ4v) is 8.61. The van der Waals surface area contributed by atoms with Crippen LogP contribution in [-0.4, -0.2) is 119 Å². The van der Waals surface area contributed by atoms with Crippen molar-refractivity contribution in [1.29, 1.82) is 0 Å². The van der Waals surface area contributed by atoms with Gasteiger partial charge in [-0.2, -0.15) is 0 Å². The molecule has 4 amide bonds. The molecule has 310 valence electrons. The van der Waals surface area contributed by atoms with Crippen LogP contribution in [-0.2, 0) is 35.1 Å². The summed E-state index contributed by atoms with van der Waals surface area (Å²) in [5.41, 5.74) is 0.491. The third kappa shape index (κ3) is 11.6. The lowest BCUT2D eigenvalue weighted by atomic mass is 9.83. The maximum Gasteiger partial charge on any atom is 0.329 e. The molecular formula is C43H65N5O7S. The van der Waals surface area contributed by atoms with Gasteiger partial charge in [-0.1, -0.05) is 66.2 Å². The van der Waals surface area contributed by atoms with E-state index in [-0.39, 0.29) is 54.1 Å². The predicted molar refractivity (Wildman–Crippen MR) is 221 cm³/mol. The zero-order valence-electron chi connectivity index (χ0n) is 35.2. The number of rotatable bonds is 5. The van der Waals surface area contributed by atoms with Gasteiger partial charge in [0.2, 0.25) is 23.6 Å². The summed E-state index contributed by atoms with van der Waals surface area (Å²) in [6, 6.07) is 3.76. The first-order valence-corrected chi connectivity index (χ1v) is 21.3. The fraction of sp³-hybridized carbons (Fsp3) is 0.674. The van der Waals surface area contributed by atoms with Gasteiger partial charge in [-0.05, 0) is 80.1 Å². The number of carbonyl (C=O) groups is 5. The van der Waals surface area contributed by atoms with E-state index in [2.05, 4.69) is 39.1 Å². The van der Waals surface area contributed by atoms with E-state index in [1.165, 1.54) is 9.80 Å². The number of likely N-dealkylation sites (N-methyl/N-ethyl adjacent to an activating group) is 2. The molecule has 3 aliphatic rings. The average molecular weight is 796 g/mol. The predicted octanol–water partition coefficient (Wildman–Crippen LogP) is 5.67. The van der Waals surface area contributed by atoms with E-state index in [0.29, 0.717) is 44.4 Å². The van der Waals surface area contributed by atoms with Gasteiger partial charge in [0.1, 0.15) is 36.0 Å². The number of fused-ring (bicyclic) bond motifs is 2. The first kappa shape index (κ1) is 44.8. The summed E-state index contributed by atoms with van der Waals surface area (Å²) in [7, 11) is 4.73. The van der Waals surface area contributed by atoms with Crippen molar-refractivity contribution < 1.29 is 33.4 Å². The maximum atomic E-state index is 14.5. The topological polar surface area (TPSA) is 138 Å². The summed E-state index contributed by atoms with van der Waals surface area (Å²) >= 11 is 1.66. The van der Waals surface area contributed by atoms with Gasteiger partial charge in [-0.25, -0.2) is 4.79 Å². The van der Waals surface area contributed by atoms with Crippen LogP contribution < -0.4 is 10.1 Å². The number of hydrogen-bond acceptors (Lipinski definition) is 9. The third-order valence-electron chi connectivity index (χ3n) is 11.6.